The average molecular weight is 832 g/mol. The van der Waals surface area contributed by atoms with Gasteiger partial charge < -0.3 is 9.64 Å². The molecule has 0 aromatic heterocycles. The number of anilines is 3. The van der Waals surface area contributed by atoms with Crippen LogP contribution in [-0.2, 0) is 16.2 Å². The van der Waals surface area contributed by atoms with E-state index in [4.69, 9.17) is 4.74 Å². The Balaban J connectivity index is 1.06. The average Bonchev–Trinajstić information content (AvgIpc) is 3.86. The van der Waals surface area contributed by atoms with E-state index in [1.807, 2.05) is 0 Å². The fraction of sp³-hybridized carbons (Fsp3) is 0.111. The third kappa shape index (κ3) is 4.64. The molecule has 0 saturated heterocycles. The number of hydrogen-bond donors (Lipinski definition) is 0. The summed E-state index contributed by atoms with van der Waals surface area (Å²) in [7, 11) is 0. The molecule has 0 unspecified atom stereocenters. The van der Waals surface area contributed by atoms with E-state index >= 15 is 0 Å². The van der Waals surface area contributed by atoms with Crippen molar-refractivity contribution in [1.29, 1.82) is 0 Å². The maximum absolute atomic E-state index is 7.25. The van der Waals surface area contributed by atoms with Gasteiger partial charge in [0.1, 0.15) is 11.5 Å². The minimum absolute atomic E-state index is 0.142. The van der Waals surface area contributed by atoms with Gasteiger partial charge in [-0.25, -0.2) is 0 Å². The Morgan fingerprint density at radius 2 is 0.815 bits per heavy atom. The topological polar surface area (TPSA) is 12.5 Å². The van der Waals surface area contributed by atoms with Crippen LogP contribution in [0.15, 0.2) is 200 Å². The number of hydrogen-bond acceptors (Lipinski definition) is 2. The van der Waals surface area contributed by atoms with Gasteiger partial charge >= 0.3 is 0 Å². The first kappa shape index (κ1) is 36.8. The van der Waals surface area contributed by atoms with Gasteiger partial charge in [0.15, 0.2) is 0 Å². The summed E-state index contributed by atoms with van der Waals surface area (Å²) in [4.78, 5) is 2.55. The molecule has 14 rings (SSSR count). The first-order valence-corrected chi connectivity index (χ1v) is 23.0. The van der Waals surface area contributed by atoms with Gasteiger partial charge in [-0.05, 0) is 102 Å². The highest BCUT2D eigenvalue weighted by atomic mass is 16.5. The summed E-state index contributed by atoms with van der Waals surface area (Å²) in [5.74, 6) is 1.87. The van der Waals surface area contributed by atoms with Gasteiger partial charge in [-0.2, -0.15) is 0 Å². The van der Waals surface area contributed by atoms with Crippen LogP contribution in [0.5, 0.6) is 11.5 Å². The van der Waals surface area contributed by atoms with Crippen LogP contribution in [-0.4, -0.2) is 0 Å². The van der Waals surface area contributed by atoms with E-state index in [1.54, 1.807) is 0 Å². The zero-order chi connectivity index (χ0) is 43.4. The van der Waals surface area contributed by atoms with E-state index in [2.05, 4.69) is 233 Å². The second-order valence-corrected chi connectivity index (χ2v) is 19.6. The molecular weight excluding hydrogens is 787 g/mol. The minimum Gasteiger partial charge on any atom is -0.455 e. The SMILES string of the molecule is CC1(C)c2ccccc2-c2ccc(N(c3ccc4c(c3)-c3ccccc3C43c4ccc5ccccc5c4Oc4c3ccc3ccccc43)c3cccc4c3-c3ccccc3C4(C)C)cc21. The summed E-state index contributed by atoms with van der Waals surface area (Å²) < 4.78 is 7.25. The number of fused-ring (bicyclic) bond motifs is 19. The lowest BCUT2D eigenvalue weighted by atomic mass is 9.65. The molecule has 65 heavy (non-hydrogen) atoms. The fourth-order valence-corrected chi connectivity index (χ4v) is 12.7. The molecule has 4 aliphatic rings. The first-order valence-electron chi connectivity index (χ1n) is 23.0. The largest absolute Gasteiger partial charge is 0.455 e. The van der Waals surface area contributed by atoms with Crippen LogP contribution in [0.2, 0.25) is 0 Å². The van der Waals surface area contributed by atoms with Gasteiger partial charge in [0.05, 0.1) is 11.1 Å². The number of benzene rings is 10. The molecule has 0 amide bonds. The van der Waals surface area contributed by atoms with Crippen molar-refractivity contribution in [3.05, 3.63) is 245 Å². The van der Waals surface area contributed by atoms with Crippen LogP contribution in [0, 0.1) is 0 Å². The van der Waals surface area contributed by atoms with E-state index < -0.39 is 5.41 Å². The number of ether oxygens (including phenoxy) is 1. The van der Waals surface area contributed by atoms with Crippen molar-refractivity contribution in [2.45, 2.75) is 43.9 Å². The Morgan fingerprint density at radius 1 is 0.338 bits per heavy atom. The summed E-state index contributed by atoms with van der Waals surface area (Å²) in [6.07, 6.45) is 0. The maximum Gasteiger partial charge on any atom is 0.140 e. The predicted octanol–water partition coefficient (Wildman–Crippen LogP) is 16.5. The second-order valence-electron chi connectivity index (χ2n) is 19.6. The highest BCUT2D eigenvalue weighted by Crippen LogP contribution is 2.65. The van der Waals surface area contributed by atoms with Gasteiger partial charge in [-0.1, -0.05) is 198 Å². The van der Waals surface area contributed by atoms with Crippen molar-refractivity contribution >= 4 is 38.6 Å². The van der Waals surface area contributed by atoms with Crippen LogP contribution >= 0.6 is 0 Å². The first-order chi connectivity index (χ1) is 31.8. The molecule has 0 radical (unpaired) electrons. The maximum atomic E-state index is 7.25. The molecule has 2 nitrogen and oxygen atoms in total. The van der Waals surface area contributed by atoms with Crippen LogP contribution in [0.3, 0.4) is 0 Å². The quantitative estimate of drug-likeness (QED) is 0.176. The molecule has 0 fully saturated rings. The predicted molar refractivity (Wildman–Crippen MR) is 269 cm³/mol. The van der Waals surface area contributed by atoms with Gasteiger partial charge in [0, 0.05) is 49.7 Å². The molecule has 3 aliphatic carbocycles. The van der Waals surface area contributed by atoms with Gasteiger partial charge in [0.2, 0.25) is 0 Å². The molecule has 10 aromatic rings. The van der Waals surface area contributed by atoms with E-state index in [1.165, 1.54) is 94.3 Å². The fourth-order valence-electron chi connectivity index (χ4n) is 12.7. The van der Waals surface area contributed by atoms with E-state index in [-0.39, 0.29) is 10.8 Å². The Kier molecular flexibility index (Phi) is 7.21. The van der Waals surface area contributed by atoms with Crippen LogP contribution < -0.4 is 9.64 Å². The Labute approximate surface area is 380 Å². The third-order valence-corrected chi connectivity index (χ3v) is 15.7. The van der Waals surface area contributed by atoms with Crippen molar-refractivity contribution < 1.29 is 4.74 Å². The molecule has 0 atom stereocenters. The molecule has 1 spiro atoms. The Bertz CT molecular complexity index is 3630. The minimum atomic E-state index is -0.618. The summed E-state index contributed by atoms with van der Waals surface area (Å²) in [5.41, 5.74) is 20.7. The summed E-state index contributed by atoms with van der Waals surface area (Å²) in [6, 6.07) is 75.1. The van der Waals surface area contributed by atoms with E-state index in [9.17, 15) is 0 Å². The zero-order valence-corrected chi connectivity index (χ0v) is 36.9. The lowest BCUT2D eigenvalue weighted by Crippen LogP contribution is -2.32. The summed E-state index contributed by atoms with van der Waals surface area (Å²) in [6.45, 7) is 9.52. The monoisotopic (exact) mass is 831 g/mol. The van der Waals surface area contributed by atoms with Crippen molar-refractivity contribution in [1.82, 2.24) is 0 Å². The van der Waals surface area contributed by atoms with Crippen molar-refractivity contribution in [2.24, 2.45) is 0 Å². The van der Waals surface area contributed by atoms with Crippen molar-refractivity contribution in [3.63, 3.8) is 0 Å². The molecule has 308 valence electrons. The molecule has 0 saturated carbocycles. The van der Waals surface area contributed by atoms with Gasteiger partial charge in [0.25, 0.3) is 0 Å². The third-order valence-electron chi connectivity index (χ3n) is 15.7. The van der Waals surface area contributed by atoms with E-state index in [0.717, 1.165) is 33.6 Å². The highest BCUT2D eigenvalue weighted by molar-refractivity contribution is 6.02. The van der Waals surface area contributed by atoms with Crippen LogP contribution in [0.4, 0.5) is 17.1 Å². The standard InChI is InChI=1S/C63H45NO/c1-61(2)50-24-13-11-22-47(50)58-53(61)26-15-27-57(58)64(41-30-32-46-44-20-9-12-23-49(44)62(3,4)56(46)37-41)40-31-35-52-48(36-40)45-21-10-14-25-51(45)63(52)54-33-28-38-16-5-7-18-42(38)59(54)65-60-43-19-8-6-17-39(43)29-34-55(60)63/h5-37H,1-4H3. The Hall–Kier alpha value is -7.68. The zero-order valence-electron chi connectivity index (χ0n) is 36.9. The van der Waals surface area contributed by atoms with Crippen molar-refractivity contribution in [2.75, 3.05) is 4.90 Å². The highest BCUT2D eigenvalue weighted by Gasteiger charge is 2.52. The van der Waals surface area contributed by atoms with Crippen LogP contribution in [0.1, 0.15) is 72.2 Å². The molecule has 0 N–H and O–H groups in total. The number of rotatable bonds is 3. The smallest absolute Gasteiger partial charge is 0.140 e. The molecule has 0 bridgehead atoms. The molecule has 1 aliphatic heterocycles. The van der Waals surface area contributed by atoms with Crippen LogP contribution in [0.25, 0.3) is 54.9 Å². The lowest BCUT2D eigenvalue weighted by molar-refractivity contribution is 0.447. The molecular formula is C63H45NO. The normalized spacial score (nSPS) is 15.6. The molecule has 1 heterocycles. The van der Waals surface area contributed by atoms with Crippen molar-refractivity contribution in [3.8, 4) is 44.9 Å². The van der Waals surface area contributed by atoms with E-state index in [0.29, 0.717) is 0 Å². The second kappa shape index (κ2) is 12.7. The number of nitrogens with zero attached hydrogens (tertiary/aromatic N) is 1. The Morgan fingerprint density at radius 3 is 1.51 bits per heavy atom. The van der Waals surface area contributed by atoms with Gasteiger partial charge in [-0.15, -0.1) is 0 Å². The lowest BCUT2D eigenvalue weighted by Gasteiger charge is -2.40. The van der Waals surface area contributed by atoms with Gasteiger partial charge in [-0.3, -0.25) is 0 Å². The molecule has 10 aromatic carbocycles. The molecule has 2 heteroatoms. The summed E-state index contributed by atoms with van der Waals surface area (Å²) in [5, 5.41) is 4.59. The summed E-state index contributed by atoms with van der Waals surface area (Å²) >= 11 is 0.